The molecule has 0 aliphatic carbocycles. The predicted octanol–water partition coefficient (Wildman–Crippen LogP) is 4.24. The Balaban J connectivity index is 1.33. The molecule has 0 spiro atoms. The lowest BCUT2D eigenvalue weighted by Crippen LogP contribution is -2.29. The summed E-state index contributed by atoms with van der Waals surface area (Å²) >= 11 is 3.37. The van der Waals surface area contributed by atoms with E-state index in [0.29, 0.717) is 45.1 Å². The van der Waals surface area contributed by atoms with Crippen LogP contribution in [0.15, 0.2) is 71.2 Å². The maximum absolute atomic E-state index is 12.7. The Kier molecular flexibility index (Phi) is 6.37. The van der Waals surface area contributed by atoms with E-state index in [2.05, 4.69) is 26.6 Å². The molecule has 1 heterocycles. The van der Waals surface area contributed by atoms with E-state index in [1.54, 1.807) is 60.7 Å². The second-order valence-corrected chi connectivity index (χ2v) is 7.45. The van der Waals surface area contributed by atoms with E-state index < -0.39 is 0 Å². The molecule has 7 nitrogen and oxygen atoms in total. The zero-order valence-corrected chi connectivity index (χ0v) is 18.0. The Hall–Kier alpha value is -3.52. The summed E-state index contributed by atoms with van der Waals surface area (Å²) in [4.78, 5) is 25.2. The number of ether oxygens (including phenoxy) is 3. The summed E-state index contributed by atoms with van der Waals surface area (Å²) in [5.74, 6) is 1.33. The lowest BCUT2D eigenvalue weighted by Gasteiger charge is -2.12. The highest BCUT2D eigenvalue weighted by Gasteiger charge is 2.16. The number of para-hydroxylation sites is 1. The monoisotopic (exact) mass is 482 g/mol. The first-order chi connectivity index (χ1) is 15.1. The molecule has 1 aliphatic rings. The lowest BCUT2D eigenvalue weighted by molar-refractivity contribution is 0.0948. The Morgan fingerprint density at radius 2 is 1.65 bits per heavy atom. The fourth-order valence-corrected chi connectivity index (χ4v) is 3.49. The van der Waals surface area contributed by atoms with Crippen LogP contribution in [0.3, 0.4) is 0 Å². The molecule has 2 amide bonds. The summed E-state index contributed by atoms with van der Waals surface area (Å²) in [6.45, 7) is 0.767. The molecule has 0 saturated carbocycles. The van der Waals surface area contributed by atoms with Crippen LogP contribution in [0, 0.1) is 0 Å². The zero-order chi connectivity index (χ0) is 21.6. The molecule has 3 aromatic carbocycles. The van der Waals surface area contributed by atoms with Crippen molar-refractivity contribution in [2.75, 3.05) is 25.3 Å². The number of carbonyl (C=O) groups is 2. The maximum atomic E-state index is 12.7. The summed E-state index contributed by atoms with van der Waals surface area (Å²) in [6.07, 6.45) is 0. The van der Waals surface area contributed by atoms with E-state index >= 15 is 0 Å². The van der Waals surface area contributed by atoms with Gasteiger partial charge in [0.2, 0.25) is 6.79 Å². The number of fused-ring (bicyclic) bond motifs is 1. The van der Waals surface area contributed by atoms with Gasteiger partial charge in [0.25, 0.3) is 11.8 Å². The van der Waals surface area contributed by atoms with Gasteiger partial charge in [-0.05, 0) is 52.3 Å². The van der Waals surface area contributed by atoms with E-state index in [4.69, 9.17) is 14.2 Å². The second-order valence-electron chi connectivity index (χ2n) is 6.60. The fourth-order valence-electron chi connectivity index (χ4n) is 3.02. The molecule has 1 aliphatic heterocycles. The summed E-state index contributed by atoms with van der Waals surface area (Å²) < 4.78 is 16.9. The van der Waals surface area contributed by atoms with Crippen LogP contribution >= 0.6 is 15.9 Å². The molecule has 3 aromatic rings. The van der Waals surface area contributed by atoms with E-state index in [9.17, 15) is 9.59 Å². The van der Waals surface area contributed by atoms with Gasteiger partial charge in [-0.1, -0.05) is 24.3 Å². The highest BCUT2D eigenvalue weighted by Crippen LogP contribution is 2.35. The average Bonchev–Trinajstić information content (AvgIpc) is 3.25. The van der Waals surface area contributed by atoms with Gasteiger partial charge in [-0.3, -0.25) is 9.59 Å². The highest BCUT2D eigenvalue weighted by molar-refractivity contribution is 9.10. The van der Waals surface area contributed by atoms with Gasteiger partial charge in [-0.15, -0.1) is 0 Å². The summed E-state index contributed by atoms with van der Waals surface area (Å²) in [6, 6.07) is 19.2. The van der Waals surface area contributed by atoms with E-state index in [0.717, 1.165) is 0 Å². The molecule has 2 N–H and O–H groups in total. The Morgan fingerprint density at radius 1 is 0.903 bits per heavy atom. The molecule has 0 saturated heterocycles. The highest BCUT2D eigenvalue weighted by atomic mass is 79.9. The minimum absolute atomic E-state index is 0.200. The van der Waals surface area contributed by atoms with Crippen LogP contribution in [-0.4, -0.2) is 31.8 Å². The molecular formula is C23H19BrN2O5. The van der Waals surface area contributed by atoms with E-state index in [1.807, 2.05) is 6.07 Å². The number of amides is 2. The van der Waals surface area contributed by atoms with Gasteiger partial charge < -0.3 is 24.8 Å². The minimum Gasteiger partial charge on any atom is -0.492 e. The zero-order valence-electron chi connectivity index (χ0n) is 16.4. The molecule has 158 valence electrons. The molecule has 8 heteroatoms. The van der Waals surface area contributed by atoms with Crippen molar-refractivity contribution >= 4 is 33.4 Å². The lowest BCUT2D eigenvalue weighted by atomic mass is 10.1. The van der Waals surface area contributed by atoms with Crippen LogP contribution in [0.25, 0.3) is 0 Å². The normalized spacial score (nSPS) is 11.6. The van der Waals surface area contributed by atoms with Gasteiger partial charge in [0.1, 0.15) is 12.4 Å². The number of nitrogens with one attached hydrogen (secondary N) is 2. The van der Waals surface area contributed by atoms with Crippen LogP contribution in [0.5, 0.6) is 17.2 Å². The van der Waals surface area contributed by atoms with Gasteiger partial charge >= 0.3 is 0 Å². The first-order valence-corrected chi connectivity index (χ1v) is 10.4. The third-order valence-corrected chi connectivity index (χ3v) is 5.23. The molecule has 0 radical (unpaired) electrons. The molecule has 0 aromatic heterocycles. The molecule has 0 atom stereocenters. The predicted molar refractivity (Wildman–Crippen MR) is 119 cm³/mol. The van der Waals surface area contributed by atoms with Gasteiger partial charge in [0.05, 0.1) is 23.4 Å². The second kappa shape index (κ2) is 9.53. The average molecular weight is 483 g/mol. The summed E-state index contributed by atoms with van der Waals surface area (Å²) in [5.41, 5.74) is 1.28. The van der Waals surface area contributed by atoms with Gasteiger partial charge in [-0.25, -0.2) is 0 Å². The third kappa shape index (κ3) is 4.97. The van der Waals surface area contributed by atoms with Crippen LogP contribution in [-0.2, 0) is 0 Å². The van der Waals surface area contributed by atoms with Crippen molar-refractivity contribution in [3.8, 4) is 17.2 Å². The molecule has 0 fully saturated rings. The van der Waals surface area contributed by atoms with Crippen molar-refractivity contribution in [2.24, 2.45) is 0 Å². The summed E-state index contributed by atoms with van der Waals surface area (Å²) in [5, 5.41) is 5.61. The molecule has 0 bridgehead atoms. The fraction of sp³-hybridized carbons (Fsp3) is 0.130. The Morgan fingerprint density at radius 3 is 2.48 bits per heavy atom. The largest absolute Gasteiger partial charge is 0.492 e. The van der Waals surface area contributed by atoms with Crippen molar-refractivity contribution in [1.82, 2.24) is 5.32 Å². The topological polar surface area (TPSA) is 85.9 Å². The number of benzene rings is 3. The van der Waals surface area contributed by atoms with Crippen molar-refractivity contribution in [3.05, 3.63) is 82.3 Å². The third-order valence-electron chi connectivity index (χ3n) is 4.54. The quantitative estimate of drug-likeness (QED) is 0.492. The molecule has 0 unspecified atom stereocenters. The van der Waals surface area contributed by atoms with Gasteiger partial charge in [0, 0.05) is 10.5 Å². The number of hydrogen-bond acceptors (Lipinski definition) is 5. The molecule has 4 rings (SSSR count). The minimum atomic E-state index is -0.308. The van der Waals surface area contributed by atoms with Crippen molar-refractivity contribution in [3.63, 3.8) is 0 Å². The van der Waals surface area contributed by atoms with Crippen molar-refractivity contribution in [1.29, 1.82) is 0 Å². The standard InChI is InChI=1S/C23H19BrN2O5/c24-18-7-3-1-5-16(18)23(28)26-19-8-4-2-6-17(19)22(27)25-11-12-29-15-9-10-20-21(13-15)31-14-30-20/h1-10,13H,11-12,14H2,(H,25,27)(H,26,28). The van der Waals surface area contributed by atoms with Crippen LogP contribution in [0.1, 0.15) is 20.7 Å². The smallest absolute Gasteiger partial charge is 0.256 e. The Bertz CT molecular complexity index is 1120. The summed E-state index contributed by atoms with van der Waals surface area (Å²) in [7, 11) is 0. The van der Waals surface area contributed by atoms with Crippen LogP contribution in [0.2, 0.25) is 0 Å². The first-order valence-electron chi connectivity index (χ1n) is 9.57. The van der Waals surface area contributed by atoms with Crippen molar-refractivity contribution < 1.29 is 23.8 Å². The number of hydrogen-bond donors (Lipinski definition) is 2. The number of carbonyl (C=O) groups excluding carboxylic acids is 2. The Labute approximate surface area is 187 Å². The van der Waals surface area contributed by atoms with Crippen LogP contribution in [0.4, 0.5) is 5.69 Å². The maximum Gasteiger partial charge on any atom is 0.256 e. The number of rotatable bonds is 7. The van der Waals surface area contributed by atoms with Crippen LogP contribution < -0.4 is 24.8 Å². The van der Waals surface area contributed by atoms with Crippen molar-refractivity contribution in [2.45, 2.75) is 0 Å². The van der Waals surface area contributed by atoms with Gasteiger partial charge in [0.15, 0.2) is 11.5 Å². The molecule has 31 heavy (non-hydrogen) atoms. The van der Waals surface area contributed by atoms with Gasteiger partial charge in [-0.2, -0.15) is 0 Å². The number of anilines is 1. The van der Waals surface area contributed by atoms with E-state index in [-0.39, 0.29) is 25.2 Å². The van der Waals surface area contributed by atoms with E-state index in [1.165, 1.54) is 0 Å². The molecular weight excluding hydrogens is 464 g/mol. The SMILES string of the molecule is O=C(Nc1ccccc1C(=O)NCCOc1ccc2c(c1)OCO2)c1ccccc1Br. The first kappa shape index (κ1) is 20.7. The number of halogens is 1.